The summed E-state index contributed by atoms with van der Waals surface area (Å²) in [7, 11) is 3.74. The lowest BCUT2D eigenvalue weighted by molar-refractivity contribution is -0.118. The van der Waals surface area contributed by atoms with Gasteiger partial charge in [-0.05, 0) is 80.5 Å². The molecule has 3 aromatic rings. The Kier molecular flexibility index (Phi) is 9.75. The van der Waals surface area contributed by atoms with E-state index < -0.39 is 0 Å². The van der Waals surface area contributed by atoms with Crippen molar-refractivity contribution in [2.75, 3.05) is 36.2 Å². The number of nitrogens with zero attached hydrogens (tertiary/aromatic N) is 2. The van der Waals surface area contributed by atoms with Crippen LogP contribution < -0.4 is 15.5 Å². The van der Waals surface area contributed by atoms with E-state index in [1.807, 2.05) is 55.4 Å². The second kappa shape index (κ2) is 12.3. The van der Waals surface area contributed by atoms with Crippen LogP contribution in [0.25, 0.3) is 0 Å². The number of carbonyl (C=O) groups is 3. The predicted molar refractivity (Wildman–Crippen MR) is 146 cm³/mol. The first kappa shape index (κ1) is 28.5. The minimum atomic E-state index is -0.269. The molecule has 0 aliphatic carbocycles. The van der Waals surface area contributed by atoms with Crippen molar-refractivity contribution in [2.24, 2.45) is 0 Å². The summed E-state index contributed by atoms with van der Waals surface area (Å²) in [6.07, 6.45) is 1.64. The fraction of sp³-hybridized carbons (Fsp3) is 0.222. The van der Waals surface area contributed by atoms with Crippen molar-refractivity contribution >= 4 is 52.9 Å². The number of amides is 3. The summed E-state index contributed by atoms with van der Waals surface area (Å²) in [6.45, 7) is 1.70. The van der Waals surface area contributed by atoms with Gasteiger partial charge in [0.1, 0.15) is 0 Å². The van der Waals surface area contributed by atoms with Gasteiger partial charge in [-0.15, -0.1) is 12.4 Å². The van der Waals surface area contributed by atoms with Crippen LogP contribution in [0.4, 0.5) is 22.7 Å². The molecule has 1 aliphatic rings. The molecule has 0 atom stereocenters. The minimum absolute atomic E-state index is 0. The molecule has 0 aromatic heterocycles. The van der Waals surface area contributed by atoms with Crippen LogP contribution in [0.2, 0.25) is 0 Å². The van der Waals surface area contributed by atoms with Gasteiger partial charge >= 0.3 is 0 Å². The number of anilines is 4. The molecule has 0 fully saturated rings. The molecule has 0 saturated carbocycles. The number of fused-ring (bicyclic) bond motifs is 2. The van der Waals surface area contributed by atoms with Gasteiger partial charge < -0.3 is 21.0 Å². The van der Waals surface area contributed by atoms with Crippen molar-refractivity contribution in [3.63, 3.8) is 0 Å². The molecule has 3 aromatic carbocycles. The molecule has 0 unspecified atom stereocenters. The second-order valence-electron chi connectivity index (χ2n) is 8.65. The van der Waals surface area contributed by atoms with Gasteiger partial charge in [0.05, 0.1) is 17.9 Å². The van der Waals surface area contributed by atoms with Gasteiger partial charge in [0.25, 0.3) is 5.91 Å². The fourth-order valence-electron chi connectivity index (χ4n) is 4.12. The quantitative estimate of drug-likeness (QED) is 0.543. The summed E-state index contributed by atoms with van der Waals surface area (Å²) in [5, 5.41) is 5.62. The Bertz CT molecular complexity index is 1240. The lowest BCUT2D eigenvalue weighted by Gasteiger charge is -2.27. The Morgan fingerprint density at radius 2 is 1.44 bits per heavy atom. The zero-order chi connectivity index (χ0) is 24.2. The van der Waals surface area contributed by atoms with Crippen LogP contribution in [0.1, 0.15) is 28.4 Å². The second-order valence-corrected chi connectivity index (χ2v) is 8.65. The van der Waals surface area contributed by atoms with Gasteiger partial charge in [0.2, 0.25) is 11.8 Å². The zero-order valence-corrected chi connectivity index (χ0v) is 21.3. The normalized spacial score (nSPS) is 11.7. The Morgan fingerprint density at radius 3 is 2.08 bits per heavy atom. The van der Waals surface area contributed by atoms with Crippen LogP contribution in [0.15, 0.2) is 66.7 Å². The van der Waals surface area contributed by atoms with Crippen LogP contribution in [0.3, 0.4) is 0 Å². The van der Waals surface area contributed by atoms with E-state index in [9.17, 15) is 14.4 Å². The van der Waals surface area contributed by atoms with Gasteiger partial charge in [-0.3, -0.25) is 19.3 Å². The smallest absolute Gasteiger partial charge is 0.255 e. The number of hydrogen-bond donors (Lipinski definition) is 2. The van der Waals surface area contributed by atoms with Gasteiger partial charge in [0, 0.05) is 23.9 Å². The summed E-state index contributed by atoms with van der Waals surface area (Å²) < 4.78 is 0. The number of benzene rings is 3. The molecule has 1 aliphatic heterocycles. The molecule has 0 spiro atoms. The molecule has 8 nitrogen and oxygen atoms in total. The van der Waals surface area contributed by atoms with Crippen LogP contribution in [-0.2, 0) is 22.4 Å². The number of para-hydroxylation sites is 1. The Hall–Kier alpha value is -3.72. The molecule has 0 bridgehead atoms. The molecule has 9 heteroatoms. The highest BCUT2D eigenvalue weighted by Crippen LogP contribution is 2.37. The van der Waals surface area contributed by atoms with E-state index in [1.165, 1.54) is 6.92 Å². The van der Waals surface area contributed by atoms with E-state index in [0.717, 1.165) is 35.3 Å². The summed E-state index contributed by atoms with van der Waals surface area (Å²) in [5.74, 6) is -0.468. The highest BCUT2D eigenvalue weighted by Gasteiger charge is 2.26. The number of likely N-dealkylation sites (N-methyl/N-ethyl adjacent to an activating group) is 1. The maximum atomic E-state index is 13.3. The molecular weight excluding hydrogens is 480 g/mol. The van der Waals surface area contributed by atoms with Gasteiger partial charge in [-0.25, -0.2) is 0 Å². The molecule has 4 rings (SSSR count). The van der Waals surface area contributed by atoms with Crippen molar-refractivity contribution in [1.82, 2.24) is 4.90 Å². The fourth-order valence-corrected chi connectivity index (χ4v) is 4.12. The van der Waals surface area contributed by atoms with E-state index >= 15 is 0 Å². The summed E-state index contributed by atoms with van der Waals surface area (Å²) in [5.41, 5.74) is 5.55. The number of carbonyl (C=O) groups excluding carboxylic acids is 3. The maximum Gasteiger partial charge on any atom is 0.255 e. The Labute approximate surface area is 217 Å². The first-order valence-corrected chi connectivity index (χ1v) is 11.2. The van der Waals surface area contributed by atoms with E-state index in [4.69, 9.17) is 0 Å². The third-order valence-electron chi connectivity index (χ3n) is 5.65. The largest absolute Gasteiger partial charge is 0.412 e. The van der Waals surface area contributed by atoms with Crippen LogP contribution in [-0.4, -0.2) is 48.7 Å². The third-order valence-corrected chi connectivity index (χ3v) is 5.65. The number of halogens is 1. The van der Waals surface area contributed by atoms with Crippen molar-refractivity contribution in [3.05, 3.63) is 83.4 Å². The molecule has 36 heavy (non-hydrogen) atoms. The summed E-state index contributed by atoms with van der Waals surface area (Å²) >= 11 is 0. The van der Waals surface area contributed by atoms with Crippen LogP contribution in [0, 0.1) is 0 Å². The van der Waals surface area contributed by atoms with Gasteiger partial charge in [0.15, 0.2) is 0 Å². The van der Waals surface area contributed by atoms with Crippen molar-refractivity contribution in [3.8, 4) is 0 Å². The van der Waals surface area contributed by atoms with E-state index in [0.29, 0.717) is 16.9 Å². The molecule has 0 radical (unpaired) electrons. The van der Waals surface area contributed by atoms with Crippen molar-refractivity contribution in [2.45, 2.75) is 19.8 Å². The van der Waals surface area contributed by atoms with Gasteiger partial charge in [-0.2, -0.15) is 0 Å². The lowest BCUT2D eigenvalue weighted by Crippen LogP contribution is -2.35. The number of nitrogens with one attached hydrogen (secondary N) is 2. The SMILES string of the molecule is CC(=O)Nc1ccc(C(=O)Nc2ccc3c(c2)N(C(=O)CN(C)C)c2ccccc2CC3)cc1.Cl.O. The van der Waals surface area contributed by atoms with Gasteiger partial charge in [-0.1, -0.05) is 24.3 Å². The third kappa shape index (κ3) is 6.48. The standard InChI is InChI=1S/C27H28N4O3.ClH.H2O/c1-18(32)28-22-13-11-21(12-14-22)27(34)29-23-15-10-20-9-8-19-6-4-5-7-24(19)31(25(20)16-23)26(33)17-30(2)3;;/h4-7,10-16H,8-9,17H2,1-3H3,(H,28,32)(H,29,34);1H;1H2. The van der Waals surface area contributed by atoms with E-state index in [1.54, 1.807) is 29.2 Å². The number of aryl methyl sites for hydroxylation is 2. The monoisotopic (exact) mass is 510 g/mol. The predicted octanol–water partition coefficient (Wildman–Crippen LogP) is 3.82. The van der Waals surface area contributed by atoms with Crippen LogP contribution >= 0.6 is 12.4 Å². The highest BCUT2D eigenvalue weighted by atomic mass is 35.5. The summed E-state index contributed by atoms with van der Waals surface area (Å²) in [4.78, 5) is 41.0. The van der Waals surface area contributed by atoms with E-state index in [2.05, 4.69) is 16.7 Å². The summed E-state index contributed by atoms with van der Waals surface area (Å²) in [6, 6.07) is 20.4. The minimum Gasteiger partial charge on any atom is -0.412 e. The number of rotatable bonds is 5. The lowest BCUT2D eigenvalue weighted by atomic mass is 10.0. The number of hydrogen-bond acceptors (Lipinski definition) is 4. The zero-order valence-electron chi connectivity index (χ0n) is 20.5. The molecule has 0 saturated heterocycles. The van der Waals surface area contributed by atoms with E-state index in [-0.39, 0.29) is 42.1 Å². The average Bonchev–Trinajstić information content (AvgIpc) is 2.95. The molecule has 1 heterocycles. The first-order chi connectivity index (χ1) is 16.3. The first-order valence-electron chi connectivity index (χ1n) is 11.2. The Balaban J connectivity index is 0.00000228. The highest BCUT2D eigenvalue weighted by molar-refractivity contribution is 6.07. The molecule has 3 amide bonds. The topological polar surface area (TPSA) is 113 Å². The molecular formula is C27H31ClN4O4. The molecule has 190 valence electrons. The maximum absolute atomic E-state index is 13.3. The van der Waals surface area contributed by atoms with Crippen molar-refractivity contribution in [1.29, 1.82) is 0 Å². The van der Waals surface area contributed by atoms with Crippen molar-refractivity contribution < 1.29 is 19.9 Å². The Morgan fingerprint density at radius 1 is 0.833 bits per heavy atom. The van der Waals surface area contributed by atoms with Crippen LogP contribution in [0.5, 0.6) is 0 Å². The average molecular weight is 511 g/mol. The molecule has 4 N–H and O–H groups in total.